The number of hydrogen-bond acceptors (Lipinski definition) is 5. The van der Waals surface area contributed by atoms with E-state index >= 15 is 4.39 Å². The predicted octanol–water partition coefficient (Wildman–Crippen LogP) is 1.94. The number of aromatic nitrogens is 1. The summed E-state index contributed by atoms with van der Waals surface area (Å²) < 4.78 is 35.2. The van der Waals surface area contributed by atoms with Crippen LogP contribution < -0.4 is 15.1 Å². The van der Waals surface area contributed by atoms with Crippen molar-refractivity contribution >= 4 is 35.0 Å². The lowest BCUT2D eigenvalue weighted by molar-refractivity contribution is 0.0694. The number of carboxylic acids is 1. The van der Waals surface area contributed by atoms with Gasteiger partial charge in [0.05, 0.1) is 24.6 Å². The summed E-state index contributed by atoms with van der Waals surface area (Å²) in [5.74, 6) is -2.02. The van der Waals surface area contributed by atoms with E-state index in [-0.39, 0.29) is 58.9 Å². The molecule has 0 saturated carbocycles. The van der Waals surface area contributed by atoms with E-state index in [4.69, 9.17) is 4.74 Å². The number of piperazine rings is 1. The quantitative estimate of drug-likeness (QED) is 0.726. The minimum atomic E-state index is -1.45. The number of ether oxygens (including phenoxy) is 1. The Morgan fingerprint density at radius 1 is 1.29 bits per heavy atom. The molecule has 0 radical (unpaired) electrons. The second-order valence-electron chi connectivity index (χ2n) is 7.46. The third-order valence-electron chi connectivity index (χ3n) is 5.68. The molecular weight excluding hydrogens is 436 g/mol. The predicted molar refractivity (Wildman–Crippen MR) is 117 cm³/mol. The number of carboxylic acid groups (broad SMARTS) is 1. The molecule has 1 aliphatic heterocycles. The highest BCUT2D eigenvalue weighted by atomic mass is 35.5. The van der Waals surface area contributed by atoms with E-state index in [0.717, 1.165) is 12.3 Å². The highest BCUT2D eigenvalue weighted by Gasteiger charge is 2.32. The van der Waals surface area contributed by atoms with Gasteiger partial charge < -0.3 is 24.8 Å². The first-order valence-electron chi connectivity index (χ1n) is 9.41. The van der Waals surface area contributed by atoms with E-state index in [2.05, 4.69) is 4.90 Å². The van der Waals surface area contributed by atoms with Gasteiger partial charge in [0.25, 0.3) is 0 Å². The van der Waals surface area contributed by atoms with Crippen molar-refractivity contribution in [2.45, 2.75) is 32.5 Å². The number of fused-ring (bicyclic) bond motifs is 1. The molecule has 1 fully saturated rings. The molecule has 2 heterocycles. The molecule has 2 aromatic rings. The van der Waals surface area contributed by atoms with Crippen molar-refractivity contribution in [3.05, 3.63) is 33.9 Å². The second kappa shape index (κ2) is 10.3. The van der Waals surface area contributed by atoms with Crippen LogP contribution in [0.3, 0.4) is 0 Å². The van der Waals surface area contributed by atoms with Crippen LogP contribution in [0.1, 0.15) is 24.2 Å². The fourth-order valence-corrected chi connectivity index (χ4v) is 3.98. The first-order chi connectivity index (χ1) is 13.7. The lowest BCUT2D eigenvalue weighted by Gasteiger charge is -2.44. The van der Waals surface area contributed by atoms with Crippen molar-refractivity contribution < 1.29 is 28.9 Å². The van der Waals surface area contributed by atoms with E-state index in [0.29, 0.717) is 13.1 Å². The molecule has 0 spiro atoms. The molecule has 3 N–H and O–H groups in total. The Hall–Kier alpha value is -2.43. The van der Waals surface area contributed by atoms with Crippen LogP contribution in [0.25, 0.3) is 10.9 Å². The number of rotatable bonds is 5. The SMILES string of the molecule is COc1c(N2CC(C)N(C)C(C)C2)c(F)cc2c(=O)c(C(=O)O)cn(CCF)c12.Cl.O. The van der Waals surface area contributed by atoms with Crippen LogP contribution in [0, 0.1) is 5.82 Å². The minimum absolute atomic E-state index is 0. The number of benzene rings is 1. The average molecular weight is 464 g/mol. The molecule has 1 aliphatic rings. The normalized spacial score (nSPS) is 19.0. The highest BCUT2D eigenvalue weighted by molar-refractivity contribution is 5.97. The third-order valence-corrected chi connectivity index (χ3v) is 5.68. The molecule has 1 aromatic carbocycles. The van der Waals surface area contributed by atoms with Gasteiger partial charge in [0.15, 0.2) is 11.6 Å². The molecule has 11 heteroatoms. The molecule has 1 aromatic heterocycles. The van der Waals surface area contributed by atoms with Crippen molar-refractivity contribution in [1.29, 1.82) is 0 Å². The number of aryl methyl sites for hydroxylation is 1. The third kappa shape index (κ3) is 4.60. The Morgan fingerprint density at radius 2 is 1.87 bits per heavy atom. The van der Waals surface area contributed by atoms with Gasteiger partial charge in [0, 0.05) is 31.4 Å². The molecule has 1 saturated heterocycles. The van der Waals surface area contributed by atoms with Crippen molar-refractivity contribution in [3.8, 4) is 5.75 Å². The Kier molecular flexibility index (Phi) is 8.80. The molecule has 0 aliphatic carbocycles. The number of anilines is 1. The Balaban J connectivity index is 0.00000240. The number of likely N-dealkylation sites (N-methyl/N-ethyl adjacent to an activating group) is 1. The van der Waals surface area contributed by atoms with Crippen molar-refractivity contribution in [1.82, 2.24) is 9.47 Å². The summed E-state index contributed by atoms with van der Waals surface area (Å²) in [7, 11) is 3.36. The second-order valence-corrected chi connectivity index (χ2v) is 7.46. The molecule has 8 nitrogen and oxygen atoms in total. The Morgan fingerprint density at radius 3 is 2.35 bits per heavy atom. The molecule has 2 unspecified atom stereocenters. The number of nitrogens with zero attached hydrogens (tertiary/aromatic N) is 3. The number of methoxy groups -OCH3 is 1. The van der Waals surface area contributed by atoms with Crippen molar-refractivity contribution in [2.75, 3.05) is 38.8 Å². The smallest absolute Gasteiger partial charge is 0.341 e. The molecular formula is C20H28ClF2N3O5. The topological polar surface area (TPSA) is 107 Å². The fourth-order valence-electron chi connectivity index (χ4n) is 3.98. The van der Waals surface area contributed by atoms with Crippen LogP contribution in [0.5, 0.6) is 5.75 Å². The van der Waals surface area contributed by atoms with E-state index in [9.17, 15) is 19.1 Å². The minimum Gasteiger partial charge on any atom is -0.492 e. The lowest BCUT2D eigenvalue weighted by atomic mass is 10.0. The number of carbonyl (C=O) groups is 1. The summed E-state index contributed by atoms with van der Waals surface area (Å²) in [5.41, 5.74) is -0.980. The molecule has 174 valence electrons. The standard InChI is InChI=1S/C20H25F2N3O4.ClH.H2O/c1-11-8-25(9-12(2)23(11)3)17-15(22)7-13-16(19(17)29-4)24(6-5-21)10-14(18(13)26)20(27)28;;/h7,10-12H,5-6,8-9H2,1-4H3,(H,27,28);1H;1H2. The summed E-state index contributed by atoms with van der Waals surface area (Å²) >= 11 is 0. The van der Waals surface area contributed by atoms with Crippen molar-refractivity contribution in [3.63, 3.8) is 0 Å². The largest absolute Gasteiger partial charge is 0.492 e. The van der Waals surface area contributed by atoms with Gasteiger partial charge in [-0.3, -0.25) is 9.69 Å². The zero-order valence-corrected chi connectivity index (χ0v) is 18.6. The summed E-state index contributed by atoms with van der Waals surface area (Å²) in [4.78, 5) is 28.1. The van der Waals surface area contributed by atoms with Crippen molar-refractivity contribution in [2.24, 2.45) is 0 Å². The van der Waals surface area contributed by atoms with Gasteiger partial charge in [0.2, 0.25) is 5.43 Å². The van der Waals surface area contributed by atoms with Gasteiger partial charge in [-0.25, -0.2) is 13.6 Å². The maximum atomic E-state index is 15.2. The number of halogens is 3. The van der Waals surface area contributed by atoms with E-state index < -0.39 is 29.5 Å². The van der Waals surface area contributed by atoms with Gasteiger partial charge in [-0.2, -0.15) is 0 Å². The van der Waals surface area contributed by atoms with Crippen LogP contribution in [0.2, 0.25) is 0 Å². The molecule has 0 amide bonds. The number of hydrogen-bond donors (Lipinski definition) is 1. The maximum Gasteiger partial charge on any atom is 0.341 e. The van der Waals surface area contributed by atoms with Crippen LogP contribution in [-0.4, -0.2) is 72.0 Å². The van der Waals surface area contributed by atoms with Crippen LogP contribution in [0.4, 0.5) is 14.5 Å². The molecule has 0 bridgehead atoms. The molecule has 31 heavy (non-hydrogen) atoms. The zero-order chi connectivity index (χ0) is 21.5. The van der Waals surface area contributed by atoms with Gasteiger partial charge >= 0.3 is 5.97 Å². The highest BCUT2D eigenvalue weighted by Crippen LogP contribution is 2.39. The van der Waals surface area contributed by atoms with Crippen LogP contribution in [-0.2, 0) is 6.54 Å². The summed E-state index contributed by atoms with van der Waals surface area (Å²) in [6.07, 6.45) is 1.09. The monoisotopic (exact) mass is 463 g/mol. The number of alkyl halides is 1. The average Bonchev–Trinajstić information content (AvgIpc) is 2.66. The van der Waals surface area contributed by atoms with Crippen LogP contribution >= 0.6 is 12.4 Å². The number of pyridine rings is 1. The first-order valence-corrected chi connectivity index (χ1v) is 9.41. The maximum absolute atomic E-state index is 15.2. The first kappa shape index (κ1) is 26.6. The fraction of sp³-hybridized carbons (Fsp3) is 0.500. The van der Waals surface area contributed by atoms with E-state index in [1.165, 1.54) is 11.7 Å². The zero-order valence-electron chi connectivity index (χ0n) is 17.8. The lowest BCUT2D eigenvalue weighted by Crippen LogP contribution is -2.55. The van der Waals surface area contributed by atoms with Crippen LogP contribution in [0.15, 0.2) is 17.1 Å². The van der Waals surface area contributed by atoms with E-state index in [1.807, 2.05) is 25.8 Å². The van der Waals surface area contributed by atoms with Gasteiger partial charge in [-0.05, 0) is 27.0 Å². The summed E-state index contributed by atoms with van der Waals surface area (Å²) in [6, 6.07) is 1.34. The Bertz CT molecular complexity index is 1000. The molecule has 3 rings (SSSR count). The number of aromatic carboxylic acids is 1. The van der Waals surface area contributed by atoms with E-state index in [1.54, 1.807) is 0 Å². The Labute approximate surface area is 184 Å². The summed E-state index contributed by atoms with van der Waals surface area (Å²) in [5, 5.41) is 9.16. The van der Waals surface area contributed by atoms with Gasteiger partial charge in [0.1, 0.15) is 17.9 Å². The summed E-state index contributed by atoms with van der Waals surface area (Å²) in [6.45, 7) is 4.18. The van der Waals surface area contributed by atoms with Gasteiger partial charge in [-0.1, -0.05) is 0 Å². The van der Waals surface area contributed by atoms with Gasteiger partial charge in [-0.15, -0.1) is 12.4 Å². The molecule has 2 atom stereocenters.